The fraction of sp³-hybridized carbons (Fsp3) is 0.211. The first-order valence-electron chi connectivity index (χ1n) is 7.55. The molecule has 0 aliphatic heterocycles. The Morgan fingerprint density at radius 3 is 2.48 bits per heavy atom. The van der Waals surface area contributed by atoms with Crippen LogP contribution < -0.4 is 0 Å². The van der Waals surface area contributed by atoms with Gasteiger partial charge in [-0.25, -0.2) is 4.98 Å². The maximum absolute atomic E-state index is 13.0. The zero-order chi connectivity index (χ0) is 16.4. The number of hydrogen-bond acceptors (Lipinski definition) is 1. The molecule has 0 aliphatic rings. The van der Waals surface area contributed by atoms with E-state index in [-0.39, 0.29) is 0 Å². The van der Waals surface area contributed by atoms with Gasteiger partial charge in [0.25, 0.3) is 0 Å². The van der Waals surface area contributed by atoms with E-state index < -0.39 is 11.7 Å². The topological polar surface area (TPSA) is 12.9 Å². The highest BCUT2D eigenvalue weighted by Crippen LogP contribution is 2.33. The summed E-state index contributed by atoms with van der Waals surface area (Å²) in [4.78, 5) is 4.62. The Labute approximate surface area is 132 Å². The zero-order valence-electron chi connectivity index (χ0n) is 12.7. The lowest BCUT2D eigenvalue weighted by Crippen LogP contribution is -2.05. The predicted molar refractivity (Wildman–Crippen MR) is 86.2 cm³/mol. The van der Waals surface area contributed by atoms with Gasteiger partial charge in [-0.3, -0.25) is 0 Å². The molecule has 0 unspecified atom stereocenters. The number of alkyl halides is 3. The molecule has 23 heavy (non-hydrogen) atoms. The summed E-state index contributed by atoms with van der Waals surface area (Å²) in [5, 5.41) is 1.01. The Hall–Kier alpha value is -2.36. The summed E-state index contributed by atoms with van der Waals surface area (Å²) >= 11 is 0. The minimum atomic E-state index is -4.35. The van der Waals surface area contributed by atoms with Crippen molar-refractivity contribution in [1.82, 2.24) is 4.98 Å². The summed E-state index contributed by atoms with van der Waals surface area (Å²) in [6.07, 6.45) is -2.66. The molecule has 0 saturated heterocycles. The van der Waals surface area contributed by atoms with Gasteiger partial charge in [0.2, 0.25) is 0 Å². The van der Waals surface area contributed by atoms with Gasteiger partial charge in [-0.15, -0.1) is 0 Å². The van der Waals surface area contributed by atoms with Crippen LogP contribution in [-0.4, -0.2) is 4.98 Å². The van der Waals surface area contributed by atoms with Crippen LogP contribution in [0.2, 0.25) is 0 Å². The van der Waals surface area contributed by atoms with Crippen LogP contribution in [0, 0.1) is 0 Å². The Balaban J connectivity index is 2.20. The van der Waals surface area contributed by atoms with Crippen LogP contribution in [0.1, 0.15) is 24.5 Å². The van der Waals surface area contributed by atoms with E-state index in [2.05, 4.69) is 4.98 Å². The van der Waals surface area contributed by atoms with Crippen molar-refractivity contribution in [2.24, 2.45) is 0 Å². The molecule has 2 aromatic carbocycles. The average Bonchev–Trinajstić information content (AvgIpc) is 2.54. The summed E-state index contributed by atoms with van der Waals surface area (Å²) in [7, 11) is 0. The van der Waals surface area contributed by atoms with Crippen LogP contribution in [0.4, 0.5) is 13.2 Å². The van der Waals surface area contributed by atoms with Crippen molar-refractivity contribution in [3.8, 4) is 11.3 Å². The first-order chi connectivity index (χ1) is 11.0. The summed E-state index contributed by atoms with van der Waals surface area (Å²) < 4.78 is 38.9. The minimum Gasteiger partial charge on any atom is -0.248 e. The third kappa shape index (κ3) is 3.21. The summed E-state index contributed by atoms with van der Waals surface area (Å²) in [6.45, 7) is 2.05. The first kappa shape index (κ1) is 15.5. The highest BCUT2D eigenvalue weighted by atomic mass is 19.4. The van der Waals surface area contributed by atoms with Crippen LogP contribution in [0.15, 0.2) is 54.6 Å². The van der Waals surface area contributed by atoms with Gasteiger partial charge in [-0.05, 0) is 36.2 Å². The largest absolute Gasteiger partial charge is 0.416 e. The normalized spacial score (nSPS) is 11.8. The smallest absolute Gasteiger partial charge is 0.248 e. The molecule has 0 atom stereocenters. The Bertz CT molecular complexity index is 837. The summed E-state index contributed by atoms with van der Waals surface area (Å²) in [6, 6.07) is 15.1. The van der Waals surface area contributed by atoms with Crippen LogP contribution in [0.25, 0.3) is 22.2 Å². The average molecular weight is 315 g/mol. The van der Waals surface area contributed by atoms with E-state index in [0.717, 1.165) is 35.4 Å². The van der Waals surface area contributed by atoms with E-state index in [1.165, 1.54) is 12.1 Å². The Kier molecular flexibility index (Phi) is 4.07. The molecule has 1 nitrogen and oxygen atoms in total. The molecule has 1 heterocycles. The van der Waals surface area contributed by atoms with Gasteiger partial charge in [0, 0.05) is 10.9 Å². The molecule has 0 radical (unpaired) electrons. The third-order valence-electron chi connectivity index (χ3n) is 3.79. The number of para-hydroxylation sites is 1. The van der Waals surface area contributed by atoms with Gasteiger partial charge in [0.15, 0.2) is 0 Å². The fourth-order valence-corrected chi connectivity index (χ4v) is 2.71. The van der Waals surface area contributed by atoms with Gasteiger partial charge < -0.3 is 0 Å². The molecule has 0 spiro atoms. The minimum absolute atomic E-state index is 0.508. The van der Waals surface area contributed by atoms with E-state index in [4.69, 9.17) is 0 Å². The molecular weight excluding hydrogens is 299 g/mol. The molecule has 0 bridgehead atoms. The van der Waals surface area contributed by atoms with E-state index in [1.54, 1.807) is 6.07 Å². The maximum Gasteiger partial charge on any atom is 0.416 e. The van der Waals surface area contributed by atoms with Crippen molar-refractivity contribution in [3.63, 3.8) is 0 Å². The third-order valence-corrected chi connectivity index (χ3v) is 3.79. The Morgan fingerprint density at radius 2 is 1.74 bits per heavy atom. The van der Waals surface area contributed by atoms with Crippen molar-refractivity contribution in [2.45, 2.75) is 25.9 Å². The van der Waals surface area contributed by atoms with Crippen molar-refractivity contribution in [1.29, 1.82) is 0 Å². The number of nitrogens with zero attached hydrogens (tertiary/aromatic N) is 1. The van der Waals surface area contributed by atoms with Crippen LogP contribution >= 0.6 is 0 Å². The van der Waals surface area contributed by atoms with Crippen LogP contribution in [0.5, 0.6) is 0 Å². The van der Waals surface area contributed by atoms with Gasteiger partial charge in [0.05, 0.1) is 16.8 Å². The van der Waals surface area contributed by atoms with Crippen molar-refractivity contribution in [2.75, 3.05) is 0 Å². The highest BCUT2D eigenvalue weighted by Gasteiger charge is 2.30. The van der Waals surface area contributed by atoms with Crippen LogP contribution in [-0.2, 0) is 12.6 Å². The SMILES string of the molecule is CCCc1cc2ccccc2nc1-c1cccc(C(F)(F)F)c1. The molecule has 118 valence electrons. The second-order valence-electron chi connectivity index (χ2n) is 5.52. The molecule has 0 amide bonds. The fourth-order valence-electron chi connectivity index (χ4n) is 2.71. The predicted octanol–water partition coefficient (Wildman–Crippen LogP) is 5.87. The number of aromatic nitrogens is 1. The van der Waals surface area contributed by atoms with Gasteiger partial charge >= 0.3 is 6.18 Å². The van der Waals surface area contributed by atoms with Gasteiger partial charge in [0.1, 0.15) is 0 Å². The van der Waals surface area contributed by atoms with E-state index >= 15 is 0 Å². The number of hydrogen-bond donors (Lipinski definition) is 0. The van der Waals surface area contributed by atoms with Gasteiger partial charge in [-0.1, -0.05) is 43.7 Å². The van der Waals surface area contributed by atoms with Crippen molar-refractivity contribution >= 4 is 10.9 Å². The molecule has 0 saturated carbocycles. The number of rotatable bonds is 3. The lowest BCUT2D eigenvalue weighted by atomic mass is 9.98. The molecule has 3 aromatic rings. The molecule has 4 heteroatoms. The van der Waals surface area contributed by atoms with Gasteiger partial charge in [-0.2, -0.15) is 13.2 Å². The highest BCUT2D eigenvalue weighted by molar-refractivity contribution is 5.83. The molecule has 0 fully saturated rings. The molecule has 1 aromatic heterocycles. The number of aryl methyl sites for hydroxylation is 1. The number of halogens is 3. The monoisotopic (exact) mass is 315 g/mol. The van der Waals surface area contributed by atoms with Crippen LogP contribution in [0.3, 0.4) is 0 Å². The van der Waals surface area contributed by atoms with E-state index in [9.17, 15) is 13.2 Å². The number of fused-ring (bicyclic) bond motifs is 1. The lowest BCUT2D eigenvalue weighted by molar-refractivity contribution is -0.137. The van der Waals surface area contributed by atoms with Crippen molar-refractivity contribution < 1.29 is 13.2 Å². The molecule has 3 rings (SSSR count). The zero-order valence-corrected chi connectivity index (χ0v) is 12.7. The van der Waals surface area contributed by atoms with E-state index in [1.807, 2.05) is 37.3 Å². The second kappa shape index (κ2) is 6.03. The van der Waals surface area contributed by atoms with Crippen molar-refractivity contribution in [3.05, 3.63) is 65.7 Å². The maximum atomic E-state index is 13.0. The quantitative estimate of drug-likeness (QED) is 0.589. The molecular formula is C19H16F3N. The van der Waals surface area contributed by atoms with E-state index in [0.29, 0.717) is 11.3 Å². The second-order valence-corrected chi connectivity index (χ2v) is 5.52. The lowest BCUT2D eigenvalue weighted by Gasteiger charge is -2.13. The number of pyridine rings is 1. The number of benzene rings is 2. The standard InChI is InChI=1S/C19H16F3N/c1-2-6-14-11-13-7-3-4-10-17(13)23-18(14)15-8-5-9-16(12-15)19(20,21)22/h3-5,7-12H,2,6H2,1H3. The molecule has 0 aliphatic carbocycles. The summed E-state index contributed by atoms with van der Waals surface area (Å²) in [5.74, 6) is 0. The Morgan fingerprint density at radius 1 is 0.957 bits per heavy atom. The summed E-state index contributed by atoms with van der Waals surface area (Å²) in [5.41, 5.74) is 2.27. The first-order valence-corrected chi connectivity index (χ1v) is 7.55. The molecule has 0 N–H and O–H groups in total.